The topological polar surface area (TPSA) is 86.3 Å². The van der Waals surface area contributed by atoms with Crippen LogP contribution >= 0.6 is 11.8 Å². The number of carbonyl (C=O) groups excluding carboxylic acids is 1. The van der Waals surface area contributed by atoms with Crippen LogP contribution < -0.4 is 10.6 Å². The van der Waals surface area contributed by atoms with E-state index in [9.17, 15) is 13.6 Å². The molecule has 28 heavy (non-hydrogen) atoms. The van der Waals surface area contributed by atoms with Crippen LogP contribution in [-0.2, 0) is 4.79 Å². The molecule has 2 aromatic rings. The van der Waals surface area contributed by atoms with Crippen LogP contribution in [0.4, 0.5) is 8.78 Å². The maximum Gasteiger partial charge on any atom is 0.387 e. The van der Waals surface area contributed by atoms with Gasteiger partial charge in [-0.15, -0.1) is 10.2 Å². The van der Waals surface area contributed by atoms with Crippen LogP contribution in [0.25, 0.3) is 11.4 Å². The van der Waals surface area contributed by atoms with Gasteiger partial charge in [0.25, 0.3) is 0 Å². The number of amides is 1. The highest BCUT2D eigenvalue weighted by molar-refractivity contribution is 7.99. The highest BCUT2D eigenvalue weighted by Gasteiger charge is 2.23. The van der Waals surface area contributed by atoms with Gasteiger partial charge >= 0.3 is 6.61 Å². The van der Waals surface area contributed by atoms with Gasteiger partial charge in [-0.25, -0.2) is 4.68 Å². The van der Waals surface area contributed by atoms with Crippen molar-refractivity contribution in [1.29, 1.82) is 0 Å². The Balaban J connectivity index is 1.60. The average molecular weight is 411 g/mol. The molecule has 0 bridgehead atoms. The third kappa shape index (κ3) is 4.92. The molecule has 2 N–H and O–H groups in total. The zero-order valence-electron chi connectivity index (χ0n) is 15.6. The molecule has 1 aromatic heterocycles. The summed E-state index contributed by atoms with van der Waals surface area (Å²) in [7, 11) is 1.85. The number of aromatic nitrogens is 3. The molecule has 1 fully saturated rings. The number of hydrogen-bond donors (Lipinski definition) is 1. The Morgan fingerprint density at radius 2 is 1.96 bits per heavy atom. The highest BCUT2D eigenvalue weighted by atomic mass is 32.2. The van der Waals surface area contributed by atoms with Crippen molar-refractivity contribution in [2.45, 2.75) is 49.9 Å². The van der Waals surface area contributed by atoms with E-state index in [1.54, 1.807) is 12.1 Å². The molecule has 7 nitrogen and oxygen atoms in total. The molecule has 0 unspecified atom stereocenters. The van der Waals surface area contributed by atoms with Crippen LogP contribution in [0.3, 0.4) is 0 Å². The van der Waals surface area contributed by atoms with E-state index in [1.807, 2.05) is 11.9 Å². The molecule has 1 aliphatic carbocycles. The second kappa shape index (κ2) is 9.22. The van der Waals surface area contributed by atoms with Crippen LogP contribution in [0.15, 0.2) is 29.4 Å². The van der Waals surface area contributed by atoms with Crippen molar-refractivity contribution in [3.05, 3.63) is 24.3 Å². The first-order chi connectivity index (χ1) is 13.5. The van der Waals surface area contributed by atoms with Gasteiger partial charge in [-0.3, -0.25) is 4.79 Å². The summed E-state index contributed by atoms with van der Waals surface area (Å²) in [5.41, 5.74) is 0.606. The van der Waals surface area contributed by atoms with Gasteiger partial charge in [0.05, 0.1) is 5.75 Å². The molecule has 1 aromatic carbocycles. The largest absolute Gasteiger partial charge is 0.435 e. The monoisotopic (exact) mass is 411 g/mol. The summed E-state index contributed by atoms with van der Waals surface area (Å²) in [5, 5.41) is 8.49. The molecule has 1 saturated carbocycles. The van der Waals surface area contributed by atoms with Crippen LogP contribution in [0.2, 0.25) is 0 Å². The lowest BCUT2D eigenvalue weighted by molar-refractivity contribution is -0.129. The summed E-state index contributed by atoms with van der Waals surface area (Å²) in [6.07, 6.45) is 5.67. The number of nitrogen functional groups attached to an aromatic ring is 1. The zero-order chi connectivity index (χ0) is 20.1. The van der Waals surface area contributed by atoms with Gasteiger partial charge in [-0.1, -0.05) is 31.0 Å². The number of alkyl halides is 2. The fourth-order valence-corrected chi connectivity index (χ4v) is 4.04. The lowest BCUT2D eigenvalue weighted by atomic mass is 9.94. The number of rotatable bonds is 7. The molecular weight excluding hydrogens is 388 g/mol. The van der Waals surface area contributed by atoms with E-state index >= 15 is 0 Å². The number of benzene rings is 1. The van der Waals surface area contributed by atoms with E-state index < -0.39 is 6.61 Å². The summed E-state index contributed by atoms with van der Waals surface area (Å²) < 4.78 is 30.1. The summed E-state index contributed by atoms with van der Waals surface area (Å²) in [4.78, 5) is 14.3. The Hall–Kier alpha value is -2.36. The van der Waals surface area contributed by atoms with Gasteiger partial charge in [0.1, 0.15) is 5.75 Å². The van der Waals surface area contributed by atoms with Crippen molar-refractivity contribution in [2.75, 3.05) is 18.6 Å². The highest BCUT2D eigenvalue weighted by Crippen LogP contribution is 2.26. The van der Waals surface area contributed by atoms with Crippen molar-refractivity contribution in [3.63, 3.8) is 0 Å². The standard InChI is InChI=1S/C18H23F2N5O2S/c1-24(13-5-3-2-4-6-13)15(26)11-28-18-23-22-16(25(18)21)12-7-9-14(10-8-12)27-17(19)20/h7-10,13,17H,2-6,11,21H2,1H3. The third-order valence-electron chi connectivity index (χ3n) is 4.84. The van der Waals surface area contributed by atoms with Crippen molar-refractivity contribution >= 4 is 17.7 Å². The first kappa shape index (κ1) is 20.4. The smallest absolute Gasteiger partial charge is 0.387 e. The second-order valence-electron chi connectivity index (χ2n) is 6.66. The minimum Gasteiger partial charge on any atom is -0.435 e. The fourth-order valence-electron chi connectivity index (χ4n) is 3.26. The Bertz CT molecular complexity index is 794. The molecule has 0 radical (unpaired) electrons. The van der Waals surface area contributed by atoms with Crippen molar-refractivity contribution in [3.8, 4) is 17.1 Å². The molecule has 10 heteroatoms. The Morgan fingerprint density at radius 3 is 2.61 bits per heavy atom. The van der Waals surface area contributed by atoms with Crippen molar-refractivity contribution in [2.24, 2.45) is 0 Å². The first-order valence-electron chi connectivity index (χ1n) is 9.10. The molecule has 0 atom stereocenters. The molecule has 1 heterocycles. The Kier molecular flexibility index (Phi) is 6.71. The summed E-state index contributed by atoms with van der Waals surface area (Å²) in [5.74, 6) is 6.74. The summed E-state index contributed by atoms with van der Waals surface area (Å²) in [6.45, 7) is -2.88. The minimum absolute atomic E-state index is 0.0370. The maximum atomic E-state index is 12.5. The number of carbonyl (C=O) groups is 1. The van der Waals surface area contributed by atoms with Crippen molar-refractivity contribution < 1.29 is 18.3 Å². The van der Waals surface area contributed by atoms with E-state index in [2.05, 4.69) is 14.9 Å². The summed E-state index contributed by atoms with van der Waals surface area (Å²) >= 11 is 1.22. The lowest BCUT2D eigenvalue weighted by Gasteiger charge is -2.31. The molecule has 0 spiro atoms. The van der Waals surface area contributed by atoms with E-state index in [4.69, 9.17) is 5.84 Å². The van der Waals surface area contributed by atoms with Crippen LogP contribution in [0.1, 0.15) is 32.1 Å². The van der Waals surface area contributed by atoms with E-state index in [1.165, 1.54) is 35.0 Å². The van der Waals surface area contributed by atoms with Gasteiger partial charge in [0.2, 0.25) is 11.1 Å². The molecule has 0 aliphatic heterocycles. The normalized spacial score (nSPS) is 15.0. The second-order valence-corrected chi connectivity index (χ2v) is 7.61. The number of nitrogens with two attached hydrogens (primary N) is 1. The first-order valence-corrected chi connectivity index (χ1v) is 10.1. The predicted molar refractivity (Wildman–Crippen MR) is 103 cm³/mol. The quantitative estimate of drug-likeness (QED) is 0.556. The molecule has 152 valence electrons. The zero-order valence-corrected chi connectivity index (χ0v) is 16.4. The van der Waals surface area contributed by atoms with E-state index in [0.29, 0.717) is 22.6 Å². The summed E-state index contributed by atoms with van der Waals surface area (Å²) in [6, 6.07) is 6.27. The van der Waals surface area contributed by atoms with Gasteiger partial charge < -0.3 is 15.5 Å². The average Bonchev–Trinajstić information content (AvgIpc) is 3.07. The predicted octanol–water partition coefficient (Wildman–Crippen LogP) is 3.14. The van der Waals surface area contributed by atoms with Crippen molar-refractivity contribution in [1.82, 2.24) is 19.8 Å². The van der Waals surface area contributed by atoms with Crippen LogP contribution in [0, 0.1) is 0 Å². The Morgan fingerprint density at radius 1 is 1.29 bits per heavy atom. The number of nitrogens with zero attached hydrogens (tertiary/aromatic N) is 4. The van der Waals surface area contributed by atoms with Crippen LogP contribution in [-0.4, -0.2) is 51.1 Å². The Labute approximate surface area is 166 Å². The third-order valence-corrected chi connectivity index (χ3v) is 5.77. The van der Waals surface area contributed by atoms with Gasteiger partial charge in [0, 0.05) is 18.7 Å². The minimum atomic E-state index is -2.88. The number of halogens is 2. The molecule has 3 rings (SSSR count). The maximum absolute atomic E-state index is 12.5. The fraction of sp³-hybridized carbons (Fsp3) is 0.500. The van der Waals surface area contributed by atoms with Gasteiger partial charge in [0.15, 0.2) is 5.82 Å². The number of hydrogen-bond acceptors (Lipinski definition) is 6. The van der Waals surface area contributed by atoms with Gasteiger partial charge in [-0.05, 0) is 37.1 Å². The molecule has 1 aliphatic rings. The number of ether oxygens (including phenoxy) is 1. The molecule has 0 saturated heterocycles. The van der Waals surface area contributed by atoms with Crippen LogP contribution in [0.5, 0.6) is 5.75 Å². The lowest BCUT2D eigenvalue weighted by Crippen LogP contribution is -2.39. The van der Waals surface area contributed by atoms with Gasteiger partial charge in [-0.2, -0.15) is 8.78 Å². The van der Waals surface area contributed by atoms with E-state index in [0.717, 1.165) is 25.7 Å². The number of thioether (sulfide) groups is 1. The SMILES string of the molecule is CN(C(=O)CSc1nnc(-c2ccc(OC(F)F)cc2)n1N)C1CCCCC1. The molecule has 1 amide bonds. The van der Waals surface area contributed by atoms with E-state index in [-0.39, 0.29) is 17.4 Å². The molecular formula is C18H23F2N5O2S.